The summed E-state index contributed by atoms with van der Waals surface area (Å²) in [4.78, 5) is 18.7. The first-order chi connectivity index (χ1) is 10.8. The smallest absolute Gasteiger partial charge is 0.268 e. The van der Waals surface area contributed by atoms with E-state index in [1.54, 1.807) is 0 Å². The number of nitrogens with zero attached hydrogens (tertiary/aromatic N) is 2. The lowest BCUT2D eigenvalue weighted by molar-refractivity contribution is -0.125. The summed E-state index contributed by atoms with van der Waals surface area (Å²) in [5, 5.41) is 0. The molecule has 3 nitrogen and oxygen atoms in total. The fraction of sp³-hybridized carbons (Fsp3) is 0.263. The Balaban J connectivity index is 1.69. The summed E-state index contributed by atoms with van der Waals surface area (Å²) >= 11 is 0. The summed E-state index contributed by atoms with van der Waals surface area (Å²) < 4.78 is 0. The fourth-order valence-corrected chi connectivity index (χ4v) is 2.55. The molecular formula is C19H20N2O. The van der Waals surface area contributed by atoms with Crippen molar-refractivity contribution in [3.8, 4) is 0 Å². The number of benzene rings is 2. The van der Waals surface area contributed by atoms with Gasteiger partial charge in [0.25, 0.3) is 5.91 Å². The van der Waals surface area contributed by atoms with Gasteiger partial charge >= 0.3 is 0 Å². The number of aliphatic imine (C=N–C) groups is 1. The average molecular weight is 292 g/mol. The number of amides is 1. The van der Waals surface area contributed by atoms with E-state index < -0.39 is 0 Å². The Hall–Kier alpha value is -2.42. The zero-order valence-corrected chi connectivity index (χ0v) is 12.6. The first-order valence-corrected chi connectivity index (χ1v) is 7.73. The van der Waals surface area contributed by atoms with Gasteiger partial charge in [-0.2, -0.15) is 0 Å². The molecule has 0 aliphatic carbocycles. The van der Waals surface area contributed by atoms with Gasteiger partial charge in [-0.05, 0) is 17.5 Å². The molecule has 22 heavy (non-hydrogen) atoms. The van der Waals surface area contributed by atoms with Crippen LogP contribution in [0, 0.1) is 0 Å². The molecular weight excluding hydrogens is 272 g/mol. The SMILES string of the molecule is O=C(C1=NCC1)N(CCc1ccccc1)Cc1ccccc1. The predicted octanol–water partition coefficient (Wildman–Crippen LogP) is 3.10. The maximum Gasteiger partial charge on any atom is 0.268 e. The third kappa shape index (κ3) is 3.61. The largest absolute Gasteiger partial charge is 0.333 e. The highest BCUT2D eigenvalue weighted by Crippen LogP contribution is 2.11. The van der Waals surface area contributed by atoms with Crippen molar-refractivity contribution < 1.29 is 4.79 Å². The highest BCUT2D eigenvalue weighted by molar-refractivity contribution is 6.40. The van der Waals surface area contributed by atoms with Gasteiger partial charge in [-0.1, -0.05) is 60.7 Å². The van der Waals surface area contributed by atoms with Crippen LogP contribution in [0.3, 0.4) is 0 Å². The fourth-order valence-electron chi connectivity index (χ4n) is 2.55. The Bertz CT molecular complexity index is 650. The molecule has 0 saturated carbocycles. The topological polar surface area (TPSA) is 32.7 Å². The van der Waals surface area contributed by atoms with E-state index >= 15 is 0 Å². The van der Waals surface area contributed by atoms with Crippen LogP contribution in [-0.2, 0) is 17.8 Å². The second-order valence-corrected chi connectivity index (χ2v) is 5.53. The lowest BCUT2D eigenvalue weighted by Gasteiger charge is -2.25. The van der Waals surface area contributed by atoms with E-state index in [-0.39, 0.29) is 5.91 Å². The molecule has 3 rings (SSSR count). The highest BCUT2D eigenvalue weighted by atomic mass is 16.2. The minimum Gasteiger partial charge on any atom is -0.333 e. The first-order valence-electron chi connectivity index (χ1n) is 7.73. The maximum absolute atomic E-state index is 12.5. The van der Waals surface area contributed by atoms with Crippen molar-refractivity contribution in [1.29, 1.82) is 0 Å². The van der Waals surface area contributed by atoms with Crippen molar-refractivity contribution in [2.24, 2.45) is 4.99 Å². The van der Waals surface area contributed by atoms with E-state index in [9.17, 15) is 4.79 Å². The molecule has 1 heterocycles. The van der Waals surface area contributed by atoms with Gasteiger partial charge in [-0.3, -0.25) is 9.79 Å². The van der Waals surface area contributed by atoms with Crippen LogP contribution in [0.2, 0.25) is 0 Å². The average Bonchev–Trinajstić information content (AvgIpc) is 2.51. The summed E-state index contributed by atoms with van der Waals surface area (Å²) in [6.07, 6.45) is 1.68. The second-order valence-electron chi connectivity index (χ2n) is 5.53. The van der Waals surface area contributed by atoms with Crippen molar-refractivity contribution >= 4 is 11.6 Å². The highest BCUT2D eigenvalue weighted by Gasteiger charge is 2.23. The van der Waals surface area contributed by atoms with Gasteiger partial charge in [0, 0.05) is 26.1 Å². The van der Waals surface area contributed by atoms with E-state index in [1.165, 1.54) is 5.56 Å². The number of rotatable bonds is 6. The molecule has 112 valence electrons. The molecule has 0 atom stereocenters. The quantitative estimate of drug-likeness (QED) is 0.805. The number of hydrogen-bond acceptors (Lipinski definition) is 2. The van der Waals surface area contributed by atoms with Gasteiger partial charge in [0.15, 0.2) is 0 Å². The van der Waals surface area contributed by atoms with Crippen LogP contribution in [0.25, 0.3) is 0 Å². The van der Waals surface area contributed by atoms with Crippen molar-refractivity contribution in [2.45, 2.75) is 19.4 Å². The third-order valence-corrected chi connectivity index (χ3v) is 3.91. The molecule has 2 aromatic rings. The van der Waals surface area contributed by atoms with Crippen molar-refractivity contribution in [2.75, 3.05) is 13.1 Å². The van der Waals surface area contributed by atoms with Crippen LogP contribution in [0.4, 0.5) is 0 Å². The Labute approximate surface area is 131 Å². The molecule has 1 amide bonds. The van der Waals surface area contributed by atoms with E-state index in [4.69, 9.17) is 0 Å². The van der Waals surface area contributed by atoms with E-state index in [2.05, 4.69) is 29.3 Å². The van der Waals surface area contributed by atoms with Gasteiger partial charge in [-0.15, -0.1) is 0 Å². The molecule has 0 bridgehead atoms. The zero-order valence-electron chi connectivity index (χ0n) is 12.6. The number of hydrogen-bond donors (Lipinski definition) is 0. The van der Waals surface area contributed by atoms with Crippen LogP contribution in [0.5, 0.6) is 0 Å². The minimum absolute atomic E-state index is 0.0889. The Kier molecular flexibility index (Phi) is 4.64. The van der Waals surface area contributed by atoms with Gasteiger partial charge in [-0.25, -0.2) is 0 Å². The van der Waals surface area contributed by atoms with Gasteiger partial charge in [0.2, 0.25) is 0 Å². The molecule has 0 fully saturated rings. The van der Waals surface area contributed by atoms with E-state index in [1.807, 2.05) is 41.3 Å². The Morgan fingerprint density at radius 1 is 0.955 bits per heavy atom. The summed E-state index contributed by atoms with van der Waals surface area (Å²) in [6, 6.07) is 20.4. The summed E-state index contributed by atoms with van der Waals surface area (Å²) in [5.74, 6) is 0.0889. The van der Waals surface area contributed by atoms with Crippen LogP contribution < -0.4 is 0 Å². The minimum atomic E-state index is 0.0889. The summed E-state index contributed by atoms with van der Waals surface area (Å²) in [5.41, 5.74) is 3.14. The molecule has 0 spiro atoms. The lowest BCUT2D eigenvalue weighted by atomic mass is 10.1. The van der Waals surface area contributed by atoms with Crippen LogP contribution >= 0.6 is 0 Å². The molecule has 1 aliphatic heterocycles. The molecule has 0 aromatic heterocycles. The van der Waals surface area contributed by atoms with Gasteiger partial charge in [0.1, 0.15) is 5.71 Å². The standard InChI is InChI=1S/C19H20N2O/c22-19(18-11-13-20-18)21(15-17-9-5-2-6-10-17)14-12-16-7-3-1-4-8-16/h1-10H,11-15H2. The van der Waals surface area contributed by atoms with Crippen LogP contribution in [0.15, 0.2) is 65.7 Å². The predicted molar refractivity (Wildman–Crippen MR) is 88.9 cm³/mol. The second kappa shape index (κ2) is 7.03. The van der Waals surface area contributed by atoms with Crippen molar-refractivity contribution in [1.82, 2.24) is 4.90 Å². The number of carbonyl (C=O) groups is 1. The van der Waals surface area contributed by atoms with E-state index in [0.717, 1.165) is 37.2 Å². The molecule has 3 heteroatoms. The maximum atomic E-state index is 12.5. The Morgan fingerprint density at radius 3 is 2.09 bits per heavy atom. The molecule has 2 aromatic carbocycles. The van der Waals surface area contributed by atoms with Gasteiger partial charge < -0.3 is 4.90 Å². The normalized spacial score (nSPS) is 13.2. The third-order valence-electron chi connectivity index (χ3n) is 3.91. The lowest BCUT2D eigenvalue weighted by Crippen LogP contribution is -2.40. The summed E-state index contributed by atoms with van der Waals surface area (Å²) in [6.45, 7) is 2.15. The monoisotopic (exact) mass is 292 g/mol. The summed E-state index contributed by atoms with van der Waals surface area (Å²) in [7, 11) is 0. The van der Waals surface area contributed by atoms with Crippen molar-refractivity contribution in [3.63, 3.8) is 0 Å². The first kappa shape index (κ1) is 14.5. The zero-order chi connectivity index (χ0) is 15.2. The van der Waals surface area contributed by atoms with E-state index in [0.29, 0.717) is 6.54 Å². The number of carbonyl (C=O) groups excluding carboxylic acids is 1. The molecule has 0 N–H and O–H groups in total. The molecule has 0 unspecified atom stereocenters. The molecule has 0 radical (unpaired) electrons. The van der Waals surface area contributed by atoms with Crippen molar-refractivity contribution in [3.05, 3.63) is 71.8 Å². The van der Waals surface area contributed by atoms with Gasteiger partial charge in [0.05, 0.1) is 0 Å². The van der Waals surface area contributed by atoms with Crippen LogP contribution in [-0.4, -0.2) is 29.6 Å². The van der Waals surface area contributed by atoms with Crippen LogP contribution in [0.1, 0.15) is 17.5 Å². The molecule has 0 saturated heterocycles. The Morgan fingerprint density at radius 2 is 1.55 bits per heavy atom. The molecule has 1 aliphatic rings.